The topological polar surface area (TPSA) is 134 Å². The zero-order valence-corrected chi connectivity index (χ0v) is 12.5. The van der Waals surface area contributed by atoms with E-state index in [0.717, 1.165) is 0 Å². The van der Waals surface area contributed by atoms with Crippen LogP contribution in [0.1, 0.15) is 6.42 Å². The fourth-order valence-electron chi connectivity index (χ4n) is 1.66. The van der Waals surface area contributed by atoms with Gasteiger partial charge in [0.2, 0.25) is 10.0 Å². The number of rotatable bonds is 8. The van der Waals surface area contributed by atoms with E-state index in [4.69, 9.17) is 14.6 Å². The third-order valence-electron chi connectivity index (χ3n) is 2.62. The van der Waals surface area contributed by atoms with Crippen LogP contribution in [0, 0.1) is 10.1 Å². The molecule has 1 aromatic carbocycles. The van der Waals surface area contributed by atoms with E-state index in [2.05, 4.69) is 5.32 Å². The molecule has 1 rings (SSSR count). The Bertz CT molecular complexity index is 617. The second kappa shape index (κ2) is 7.09. The van der Waals surface area contributed by atoms with Crippen molar-refractivity contribution in [1.82, 2.24) is 0 Å². The van der Waals surface area contributed by atoms with Gasteiger partial charge in [-0.1, -0.05) is 0 Å². The van der Waals surface area contributed by atoms with Crippen molar-refractivity contribution in [2.45, 2.75) is 6.42 Å². The Kier molecular flexibility index (Phi) is 5.73. The largest absolute Gasteiger partial charge is 0.493 e. The number of anilines is 1. The van der Waals surface area contributed by atoms with Crippen molar-refractivity contribution in [2.24, 2.45) is 5.14 Å². The molecule has 0 spiro atoms. The first-order chi connectivity index (χ1) is 9.78. The lowest BCUT2D eigenvalue weighted by Crippen LogP contribution is -2.18. The summed E-state index contributed by atoms with van der Waals surface area (Å²) < 4.78 is 31.7. The Labute approximate surface area is 122 Å². The molecule has 21 heavy (non-hydrogen) atoms. The highest BCUT2D eigenvalue weighted by atomic mass is 32.2. The third-order valence-corrected chi connectivity index (χ3v) is 3.48. The summed E-state index contributed by atoms with van der Waals surface area (Å²) in [4.78, 5) is 10.5. The summed E-state index contributed by atoms with van der Waals surface area (Å²) in [5.74, 6) is 0.359. The van der Waals surface area contributed by atoms with E-state index in [1.54, 1.807) is 0 Å². The lowest BCUT2D eigenvalue weighted by Gasteiger charge is -2.11. The number of primary sulfonamides is 1. The molecule has 10 heteroatoms. The maximum absolute atomic E-state index is 11.0. The molecule has 0 fully saturated rings. The number of nitro benzene ring substituents is 1. The van der Waals surface area contributed by atoms with Crippen LogP contribution in [0.5, 0.6) is 11.5 Å². The van der Waals surface area contributed by atoms with Gasteiger partial charge >= 0.3 is 0 Å². The van der Waals surface area contributed by atoms with Crippen LogP contribution < -0.4 is 19.9 Å². The van der Waals surface area contributed by atoms with Gasteiger partial charge in [-0.05, 0) is 6.42 Å². The first-order valence-corrected chi connectivity index (χ1v) is 7.64. The maximum Gasteiger partial charge on any atom is 0.296 e. The van der Waals surface area contributed by atoms with E-state index in [1.807, 2.05) is 0 Å². The smallest absolute Gasteiger partial charge is 0.296 e. The predicted molar refractivity (Wildman–Crippen MR) is 77.3 cm³/mol. The van der Waals surface area contributed by atoms with Crippen LogP contribution >= 0.6 is 0 Å². The molecule has 0 radical (unpaired) electrons. The van der Waals surface area contributed by atoms with Crippen molar-refractivity contribution in [3.8, 4) is 11.5 Å². The zero-order chi connectivity index (χ0) is 16.0. The highest BCUT2D eigenvalue weighted by molar-refractivity contribution is 7.89. The van der Waals surface area contributed by atoms with Crippen molar-refractivity contribution in [1.29, 1.82) is 0 Å². The lowest BCUT2D eigenvalue weighted by atomic mass is 10.2. The Morgan fingerprint density at radius 2 is 1.86 bits per heavy atom. The summed E-state index contributed by atoms with van der Waals surface area (Å²) in [5.41, 5.74) is 0.0234. The van der Waals surface area contributed by atoms with Gasteiger partial charge in [-0.2, -0.15) is 0 Å². The Morgan fingerprint density at radius 3 is 2.33 bits per heavy atom. The third kappa shape index (κ3) is 5.08. The molecule has 0 aliphatic carbocycles. The minimum atomic E-state index is -3.55. The van der Waals surface area contributed by atoms with Gasteiger partial charge in [-0.3, -0.25) is 10.1 Å². The van der Waals surface area contributed by atoms with E-state index < -0.39 is 14.9 Å². The molecule has 0 aromatic heterocycles. The molecule has 0 aliphatic heterocycles. The number of nitrogens with one attached hydrogen (secondary N) is 1. The summed E-state index contributed by atoms with van der Waals surface area (Å²) in [6.45, 7) is 0.215. The van der Waals surface area contributed by atoms with Crippen LogP contribution in [0.25, 0.3) is 0 Å². The zero-order valence-electron chi connectivity index (χ0n) is 11.7. The number of sulfonamides is 1. The molecule has 3 N–H and O–H groups in total. The molecule has 0 amide bonds. The number of nitro groups is 1. The molecule has 9 nitrogen and oxygen atoms in total. The van der Waals surface area contributed by atoms with Crippen molar-refractivity contribution in [2.75, 3.05) is 31.8 Å². The number of hydrogen-bond donors (Lipinski definition) is 2. The quantitative estimate of drug-likeness (QED) is 0.409. The summed E-state index contributed by atoms with van der Waals surface area (Å²) in [6, 6.07) is 2.66. The average Bonchev–Trinajstić information content (AvgIpc) is 2.41. The minimum Gasteiger partial charge on any atom is -0.493 e. The fraction of sp³-hybridized carbons (Fsp3) is 0.455. The van der Waals surface area contributed by atoms with E-state index in [9.17, 15) is 18.5 Å². The van der Waals surface area contributed by atoms with E-state index in [1.165, 1.54) is 26.4 Å². The van der Waals surface area contributed by atoms with E-state index in [-0.39, 0.29) is 35.8 Å². The van der Waals surface area contributed by atoms with Gasteiger partial charge in [0, 0.05) is 12.6 Å². The number of methoxy groups -OCH3 is 2. The summed E-state index contributed by atoms with van der Waals surface area (Å²) in [5, 5.41) is 18.7. The predicted octanol–water partition coefficient (Wildman–Crippen LogP) is 0.703. The number of ether oxygens (including phenoxy) is 2. The SMILES string of the molecule is COc1cc(NCCCS(N)(=O)=O)c([N+](=O)[O-])cc1OC. The number of nitrogens with two attached hydrogens (primary N) is 1. The summed E-state index contributed by atoms with van der Waals surface area (Å²) in [7, 11) is -0.760. The molecular weight excluding hydrogens is 302 g/mol. The number of hydrogen-bond acceptors (Lipinski definition) is 7. The molecule has 0 heterocycles. The Morgan fingerprint density at radius 1 is 1.29 bits per heavy atom. The molecule has 0 unspecified atom stereocenters. The van der Waals surface area contributed by atoms with Crippen LogP contribution in [0.15, 0.2) is 12.1 Å². The molecule has 0 saturated carbocycles. The van der Waals surface area contributed by atoms with Crippen LogP contribution in [0.2, 0.25) is 0 Å². The summed E-state index contributed by atoms with van der Waals surface area (Å²) in [6.07, 6.45) is 0.227. The van der Waals surface area contributed by atoms with Gasteiger partial charge in [-0.15, -0.1) is 0 Å². The van der Waals surface area contributed by atoms with Crippen LogP contribution in [-0.4, -0.2) is 39.9 Å². The molecule has 0 aliphatic rings. The van der Waals surface area contributed by atoms with Crippen LogP contribution in [0.4, 0.5) is 11.4 Å². The number of nitrogens with zero attached hydrogens (tertiary/aromatic N) is 1. The van der Waals surface area contributed by atoms with Gasteiger partial charge in [0.25, 0.3) is 5.69 Å². The van der Waals surface area contributed by atoms with Gasteiger partial charge in [0.15, 0.2) is 11.5 Å². The Balaban J connectivity index is 2.91. The van der Waals surface area contributed by atoms with Crippen molar-refractivity contribution in [3.05, 3.63) is 22.2 Å². The Hall–Kier alpha value is -2.07. The second-order valence-electron chi connectivity index (χ2n) is 4.13. The van der Waals surface area contributed by atoms with Gasteiger partial charge in [0.1, 0.15) is 5.69 Å². The van der Waals surface area contributed by atoms with Crippen molar-refractivity contribution < 1.29 is 22.8 Å². The lowest BCUT2D eigenvalue weighted by molar-refractivity contribution is -0.384. The normalized spacial score (nSPS) is 11.0. The monoisotopic (exact) mass is 319 g/mol. The fourth-order valence-corrected chi connectivity index (χ4v) is 2.20. The van der Waals surface area contributed by atoms with Crippen LogP contribution in [0.3, 0.4) is 0 Å². The average molecular weight is 319 g/mol. The second-order valence-corrected chi connectivity index (χ2v) is 5.86. The van der Waals surface area contributed by atoms with Gasteiger partial charge in [-0.25, -0.2) is 13.6 Å². The van der Waals surface area contributed by atoms with Crippen molar-refractivity contribution >= 4 is 21.4 Å². The molecule has 0 saturated heterocycles. The first-order valence-electron chi connectivity index (χ1n) is 5.93. The molecular formula is C11H17N3O6S. The number of benzene rings is 1. The van der Waals surface area contributed by atoms with Crippen molar-refractivity contribution in [3.63, 3.8) is 0 Å². The molecule has 118 valence electrons. The standard InChI is InChI=1S/C11H17N3O6S/c1-19-10-6-8(13-4-3-5-21(12,17)18)9(14(15)16)7-11(10)20-2/h6-7,13H,3-5H2,1-2H3,(H2,12,17,18). The van der Waals surface area contributed by atoms with E-state index in [0.29, 0.717) is 5.75 Å². The minimum absolute atomic E-state index is 0.191. The maximum atomic E-state index is 11.0. The van der Waals surface area contributed by atoms with E-state index >= 15 is 0 Å². The summed E-state index contributed by atoms with van der Waals surface area (Å²) >= 11 is 0. The first kappa shape index (κ1) is 17.0. The van der Waals surface area contributed by atoms with Gasteiger partial charge in [0.05, 0.1) is 31.0 Å². The van der Waals surface area contributed by atoms with Gasteiger partial charge < -0.3 is 14.8 Å². The molecule has 0 bridgehead atoms. The highest BCUT2D eigenvalue weighted by Gasteiger charge is 2.19. The molecule has 1 aromatic rings. The van der Waals surface area contributed by atoms with Crippen LogP contribution in [-0.2, 0) is 10.0 Å². The molecule has 0 atom stereocenters. The highest BCUT2D eigenvalue weighted by Crippen LogP contribution is 2.37.